The molecule has 1 aliphatic carbocycles. The van der Waals surface area contributed by atoms with E-state index in [1.165, 1.54) is 0 Å². The normalized spacial score (nSPS) is 28.2. The Kier molecular flexibility index (Phi) is 5.15. The van der Waals surface area contributed by atoms with Crippen LogP contribution in [0.5, 0.6) is 0 Å². The summed E-state index contributed by atoms with van der Waals surface area (Å²) in [6.45, 7) is 8.92. The lowest BCUT2D eigenvalue weighted by Gasteiger charge is -2.34. The van der Waals surface area contributed by atoms with Gasteiger partial charge >= 0.3 is 11.9 Å². The molecule has 0 aromatic rings. The lowest BCUT2D eigenvalue weighted by atomic mass is 9.77. The summed E-state index contributed by atoms with van der Waals surface area (Å²) in [4.78, 5) is 25.1. The Morgan fingerprint density at radius 3 is 2.00 bits per heavy atom. The summed E-state index contributed by atoms with van der Waals surface area (Å²) in [7, 11) is 0. The van der Waals surface area contributed by atoms with Gasteiger partial charge in [-0.1, -0.05) is 13.8 Å². The van der Waals surface area contributed by atoms with Crippen molar-refractivity contribution in [3.63, 3.8) is 0 Å². The first kappa shape index (κ1) is 17.3. The number of carbonyl (C=O) groups is 2. The summed E-state index contributed by atoms with van der Waals surface area (Å²) in [5, 5.41) is 0. The third-order valence-electron chi connectivity index (χ3n) is 5.54. The largest absolute Gasteiger partial charge is 0.465 e. The summed E-state index contributed by atoms with van der Waals surface area (Å²) in [6, 6.07) is 0. The monoisotopic (exact) mass is 312 g/mol. The first-order chi connectivity index (χ1) is 10.5. The maximum atomic E-state index is 12.5. The van der Waals surface area contributed by atoms with Crippen molar-refractivity contribution in [2.45, 2.75) is 59.0 Å². The minimum atomic E-state index is -1.14. The van der Waals surface area contributed by atoms with E-state index in [1.807, 2.05) is 0 Å². The topological polar surface area (TPSA) is 61.8 Å². The van der Waals surface area contributed by atoms with Gasteiger partial charge in [0.05, 0.1) is 25.4 Å². The molecule has 2 atom stereocenters. The fraction of sp³-hybridized carbons (Fsp3) is 0.882. The van der Waals surface area contributed by atoms with Gasteiger partial charge in [-0.05, 0) is 51.4 Å². The Balaban J connectivity index is 2.30. The lowest BCUT2D eigenvalue weighted by molar-refractivity contribution is -0.173. The maximum absolute atomic E-state index is 12.5. The minimum absolute atomic E-state index is 0.217. The van der Waals surface area contributed by atoms with E-state index in [0.29, 0.717) is 19.4 Å². The molecule has 0 aromatic carbocycles. The van der Waals surface area contributed by atoms with Crippen LogP contribution in [0.3, 0.4) is 0 Å². The molecule has 1 heterocycles. The van der Waals surface area contributed by atoms with E-state index < -0.39 is 17.4 Å². The zero-order valence-electron chi connectivity index (χ0n) is 14.1. The van der Waals surface area contributed by atoms with Gasteiger partial charge < -0.3 is 14.2 Å². The fourth-order valence-corrected chi connectivity index (χ4v) is 4.32. The van der Waals surface area contributed by atoms with E-state index in [0.717, 1.165) is 12.8 Å². The first-order valence-electron chi connectivity index (χ1n) is 8.48. The lowest BCUT2D eigenvalue weighted by Crippen LogP contribution is -2.43. The maximum Gasteiger partial charge on any atom is 0.323 e. The van der Waals surface area contributed by atoms with Gasteiger partial charge in [0.1, 0.15) is 0 Å². The molecule has 0 amide bonds. The fourth-order valence-electron chi connectivity index (χ4n) is 4.32. The Morgan fingerprint density at radius 2 is 1.55 bits per heavy atom. The van der Waals surface area contributed by atoms with Crippen molar-refractivity contribution in [2.75, 3.05) is 19.8 Å². The molecule has 1 saturated heterocycles. The van der Waals surface area contributed by atoms with Crippen LogP contribution in [0, 0.1) is 17.3 Å². The van der Waals surface area contributed by atoms with Crippen LogP contribution in [0.2, 0.25) is 0 Å². The highest BCUT2D eigenvalue weighted by Crippen LogP contribution is 2.57. The van der Waals surface area contributed by atoms with Crippen LogP contribution < -0.4 is 0 Å². The van der Waals surface area contributed by atoms with Crippen LogP contribution in [-0.4, -0.2) is 37.4 Å². The molecule has 5 heteroatoms. The van der Waals surface area contributed by atoms with E-state index in [4.69, 9.17) is 14.2 Å². The molecule has 0 N–H and O–H groups in total. The molecule has 2 aliphatic rings. The van der Waals surface area contributed by atoms with Crippen LogP contribution in [-0.2, 0) is 23.8 Å². The highest BCUT2D eigenvalue weighted by molar-refractivity contribution is 6.00. The zero-order chi connectivity index (χ0) is 16.4. The van der Waals surface area contributed by atoms with Gasteiger partial charge in [0.15, 0.2) is 5.41 Å². The first-order valence-corrected chi connectivity index (χ1v) is 8.48. The SMILES string of the molecule is CCOC(=O)C1(C(=O)OCC)C[C@H]2COC(CC)(CC)[C@H]2C1. The number of ether oxygens (including phenoxy) is 3. The Labute approximate surface area is 132 Å². The molecule has 0 unspecified atom stereocenters. The molecular weight excluding hydrogens is 284 g/mol. The van der Waals surface area contributed by atoms with Crippen LogP contribution in [0.4, 0.5) is 0 Å². The second-order valence-electron chi connectivity index (χ2n) is 6.38. The molecule has 22 heavy (non-hydrogen) atoms. The number of esters is 2. The van der Waals surface area contributed by atoms with Gasteiger partial charge in [0.25, 0.3) is 0 Å². The second kappa shape index (κ2) is 6.57. The smallest absolute Gasteiger partial charge is 0.323 e. The van der Waals surface area contributed by atoms with Crippen molar-refractivity contribution in [3.05, 3.63) is 0 Å². The van der Waals surface area contributed by atoms with Crippen molar-refractivity contribution < 1.29 is 23.8 Å². The standard InChI is InChI=1S/C17H28O5/c1-5-17(6-2)13-10-16(14(18)20-7-3,15(19)21-8-4)9-12(13)11-22-17/h12-13H,5-11H2,1-4H3/t12-,13-/m0/s1. The van der Waals surface area contributed by atoms with E-state index in [1.54, 1.807) is 13.8 Å². The molecule has 1 saturated carbocycles. The van der Waals surface area contributed by atoms with Crippen molar-refractivity contribution >= 4 is 11.9 Å². The van der Waals surface area contributed by atoms with Crippen molar-refractivity contribution in [1.29, 1.82) is 0 Å². The molecule has 0 radical (unpaired) electrons. The minimum Gasteiger partial charge on any atom is -0.465 e. The number of carbonyl (C=O) groups excluding carboxylic acids is 2. The molecule has 5 nitrogen and oxygen atoms in total. The van der Waals surface area contributed by atoms with Gasteiger partial charge in [-0.25, -0.2) is 0 Å². The molecular formula is C17H28O5. The molecule has 2 fully saturated rings. The Morgan fingerprint density at radius 1 is 1.00 bits per heavy atom. The van der Waals surface area contributed by atoms with Crippen molar-refractivity contribution in [3.8, 4) is 0 Å². The van der Waals surface area contributed by atoms with E-state index in [-0.39, 0.29) is 30.7 Å². The van der Waals surface area contributed by atoms with E-state index in [2.05, 4.69) is 13.8 Å². The van der Waals surface area contributed by atoms with Crippen LogP contribution in [0.1, 0.15) is 53.4 Å². The van der Waals surface area contributed by atoms with Crippen LogP contribution in [0.25, 0.3) is 0 Å². The summed E-state index contributed by atoms with van der Waals surface area (Å²) in [5.74, 6) is -0.405. The summed E-state index contributed by atoms with van der Waals surface area (Å²) in [5.41, 5.74) is -1.36. The molecule has 126 valence electrons. The quantitative estimate of drug-likeness (QED) is 0.557. The van der Waals surface area contributed by atoms with Gasteiger partial charge in [-0.15, -0.1) is 0 Å². The number of hydrogen-bond acceptors (Lipinski definition) is 5. The molecule has 0 bridgehead atoms. The summed E-state index contributed by atoms with van der Waals surface area (Å²) in [6.07, 6.45) is 2.76. The molecule has 0 aromatic heterocycles. The van der Waals surface area contributed by atoms with Crippen molar-refractivity contribution in [2.24, 2.45) is 17.3 Å². The highest BCUT2D eigenvalue weighted by Gasteiger charge is 2.64. The molecule has 1 aliphatic heterocycles. The third kappa shape index (κ3) is 2.53. The van der Waals surface area contributed by atoms with Crippen LogP contribution >= 0.6 is 0 Å². The van der Waals surface area contributed by atoms with Gasteiger partial charge in [-0.2, -0.15) is 0 Å². The number of hydrogen-bond donors (Lipinski definition) is 0. The highest BCUT2D eigenvalue weighted by atomic mass is 16.6. The van der Waals surface area contributed by atoms with Crippen LogP contribution in [0.15, 0.2) is 0 Å². The van der Waals surface area contributed by atoms with E-state index >= 15 is 0 Å². The summed E-state index contributed by atoms with van der Waals surface area (Å²) >= 11 is 0. The third-order valence-corrected chi connectivity index (χ3v) is 5.54. The number of fused-ring (bicyclic) bond motifs is 1. The van der Waals surface area contributed by atoms with Crippen molar-refractivity contribution in [1.82, 2.24) is 0 Å². The van der Waals surface area contributed by atoms with Gasteiger partial charge in [-0.3, -0.25) is 9.59 Å². The molecule has 2 rings (SSSR count). The summed E-state index contributed by atoms with van der Waals surface area (Å²) < 4.78 is 16.5. The average Bonchev–Trinajstić information content (AvgIpc) is 3.05. The molecule has 0 spiro atoms. The zero-order valence-corrected chi connectivity index (χ0v) is 14.1. The Hall–Kier alpha value is -1.10. The van der Waals surface area contributed by atoms with Gasteiger partial charge in [0.2, 0.25) is 0 Å². The Bertz CT molecular complexity index is 409. The predicted molar refractivity (Wildman–Crippen MR) is 81.2 cm³/mol. The predicted octanol–water partition coefficient (Wildman–Crippen LogP) is 2.71. The van der Waals surface area contributed by atoms with E-state index in [9.17, 15) is 9.59 Å². The second-order valence-corrected chi connectivity index (χ2v) is 6.38. The van der Waals surface area contributed by atoms with Gasteiger partial charge in [0, 0.05) is 0 Å². The number of rotatable bonds is 6. The average molecular weight is 312 g/mol.